The van der Waals surface area contributed by atoms with E-state index in [2.05, 4.69) is 42.5 Å². The van der Waals surface area contributed by atoms with Crippen LogP contribution >= 0.6 is 0 Å². The van der Waals surface area contributed by atoms with Crippen molar-refractivity contribution in [2.24, 2.45) is 34.8 Å². The second kappa shape index (κ2) is 33.1. The third-order valence-corrected chi connectivity index (χ3v) is 11.0. The molecular formula is C42H74N12O17. The predicted octanol–water partition coefficient (Wildman–Crippen LogP) is -7.13. The molecule has 0 aliphatic rings. The fraction of sp³-hybridized carbons (Fsp3) is 0.714. The standard InChI is InChI=1S/C42H74N12O17/c1-6-20(4)31(46)40(68)50-22(9-7-8-16-43)34(62)51-26(17-55)38(66)48-23(10-13-28(44)58)35(63)47-24(11-14-29(45)59)36(64)52-27(18-56)39(67)49-25(12-15-30(60)61)37(65)53-32(19(2)3)41(69)54-33(21(5)57)42(70)71/h19-27,31-33,55-57H,6-18,43,46H2,1-5H3,(H2,44,58)(H2,45,59)(H,47,63)(H,48,66)(H,49,67)(H,50,68)(H,51,62)(H,52,64)(H,53,65)(H,54,69)(H,60,61)(H,70,71)/t20-,21+,22-,23-,24-,25-,26-,27-,31-,32-,33-/m0/s1. The summed E-state index contributed by atoms with van der Waals surface area (Å²) < 4.78 is 0. The van der Waals surface area contributed by atoms with Crippen molar-refractivity contribution >= 4 is 71.0 Å². The van der Waals surface area contributed by atoms with Gasteiger partial charge in [0.15, 0.2) is 6.04 Å². The van der Waals surface area contributed by atoms with E-state index in [1.54, 1.807) is 6.92 Å². The number of aliphatic carboxylic acids is 2. The van der Waals surface area contributed by atoms with Gasteiger partial charge in [0.05, 0.1) is 25.4 Å². The molecule has 0 aromatic heterocycles. The maximum atomic E-state index is 13.8. The number of aliphatic hydroxyl groups excluding tert-OH is 3. The number of carbonyl (C=O) groups excluding carboxylic acids is 10. The molecule has 11 atom stereocenters. The Morgan fingerprint density at radius 3 is 1.17 bits per heavy atom. The van der Waals surface area contributed by atoms with Crippen molar-refractivity contribution in [3.05, 3.63) is 0 Å². The summed E-state index contributed by atoms with van der Waals surface area (Å²) in [5.41, 5.74) is 22.2. The van der Waals surface area contributed by atoms with Gasteiger partial charge in [-0.1, -0.05) is 34.1 Å². The van der Waals surface area contributed by atoms with E-state index in [9.17, 15) is 83.1 Å². The van der Waals surface area contributed by atoms with Gasteiger partial charge in [-0.05, 0) is 63.8 Å². The Morgan fingerprint density at radius 2 is 0.831 bits per heavy atom. The molecule has 0 radical (unpaired) electrons. The van der Waals surface area contributed by atoms with E-state index in [1.807, 2.05) is 6.92 Å². The largest absolute Gasteiger partial charge is 0.481 e. The van der Waals surface area contributed by atoms with Crippen LogP contribution in [0, 0.1) is 11.8 Å². The number of amides is 10. The minimum absolute atomic E-state index is 0.0581. The lowest BCUT2D eigenvalue weighted by Crippen LogP contribution is -2.61. The van der Waals surface area contributed by atoms with Crippen LogP contribution < -0.4 is 65.5 Å². The SMILES string of the molecule is CC[C@H](C)[C@H](N)C(=O)N[C@@H](CCCCN)C(=O)N[C@@H](CO)C(=O)N[C@@H](CCC(N)=O)C(=O)N[C@@H](CCC(N)=O)C(=O)N[C@@H](CO)C(=O)N[C@@H](CCC(=O)O)C(=O)N[C@H](C(=O)N[C@H](C(=O)O)[C@@H](C)O)C(C)C. The molecule has 0 aliphatic heterocycles. The first-order valence-corrected chi connectivity index (χ1v) is 22.9. The Kier molecular flexibility index (Phi) is 30.0. The predicted molar refractivity (Wildman–Crippen MR) is 248 cm³/mol. The van der Waals surface area contributed by atoms with E-state index in [0.29, 0.717) is 19.3 Å². The van der Waals surface area contributed by atoms with Gasteiger partial charge in [-0.2, -0.15) is 0 Å². The quantitative estimate of drug-likeness (QED) is 0.0259. The lowest BCUT2D eigenvalue weighted by molar-refractivity contribution is -0.145. The first kappa shape index (κ1) is 64.4. The second-order valence-electron chi connectivity index (χ2n) is 17.2. The highest BCUT2D eigenvalue weighted by Crippen LogP contribution is 2.10. The Morgan fingerprint density at radius 1 is 0.479 bits per heavy atom. The van der Waals surface area contributed by atoms with E-state index >= 15 is 0 Å². The maximum absolute atomic E-state index is 13.8. The maximum Gasteiger partial charge on any atom is 0.328 e. The normalized spacial score (nSPS) is 15.8. The highest BCUT2D eigenvalue weighted by Gasteiger charge is 2.36. The molecule has 0 heterocycles. The molecule has 0 saturated carbocycles. The zero-order chi connectivity index (χ0) is 54.7. The molecule has 0 fully saturated rings. The smallest absolute Gasteiger partial charge is 0.328 e. The average molecular weight is 1020 g/mol. The van der Waals surface area contributed by atoms with Gasteiger partial charge in [0.1, 0.15) is 42.3 Å². The first-order valence-electron chi connectivity index (χ1n) is 22.9. The number of primary amides is 2. The third kappa shape index (κ3) is 24.2. The molecule has 0 aromatic rings. The van der Waals surface area contributed by atoms with Crippen molar-refractivity contribution in [2.45, 2.75) is 159 Å². The fourth-order valence-corrected chi connectivity index (χ4v) is 6.36. The Balaban J connectivity index is 6.53. The molecule has 71 heavy (non-hydrogen) atoms. The number of carbonyl (C=O) groups is 12. The monoisotopic (exact) mass is 1020 g/mol. The second-order valence-corrected chi connectivity index (χ2v) is 17.2. The minimum atomic E-state index is -1.96. The van der Waals surface area contributed by atoms with Crippen molar-refractivity contribution in [3.63, 3.8) is 0 Å². The van der Waals surface area contributed by atoms with E-state index in [0.717, 1.165) is 6.92 Å². The van der Waals surface area contributed by atoms with Crippen LogP contribution in [0.3, 0.4) is 0 Å². The zero-order valence-corrected chi connectivity index (χ0v) is 40.6. The number of hydrogen-bond donors (Lipinski definition) is 17. The van der Waals surface area contributed by atoms with Gasteiger partial charge in [-0.3, -0.25) is 52.7 Å². The summed E-state index contributed by atoms with van der Waals surface area (Å²) in [6.07, 6.45) is -3.72. The van der Waals surface area contributed by atoms with Crippen molar-refractivity contribution in [1.29, 1.82) is 0 Å². The first-order chi connectivity index (χ1) is 33.1. The lowest BCUT2D eigenvalue weighted by Gasteiger charge is -2.28. The van der Waals surface area contributed by atoms with Crippen LogP contribution in [0.5, 0.6) is 0 Å². The molecule has 0 bridgehead atoms. The molecule has 0 rings (SSSR count). The van der Waals surface area contributed by atoms with Crippen LogP contribution in [0.4, 0.5) is 0 Å². The van der Waals surface area contributed by atoms with E-state index < -0.39 is 189 Å². The summed E-state index contributed by atoms with van der Waals surface area (Å²) in [4.78, 5) is 154. The summed E-state index contributed by atoms with van der Waals surface area (Å²) in [6, 6.07) is -14.6. The number of carboxylic acid groups (broad SMARTS) is 2. The summed E-state index contributed by atoms with van der Waals surface area (Å²) in [7, 11) is 0. The van der Waals surface area contributed by atoms with E-state index in [-0.39, 0.29) is 18.9 Å². The summed E-state index contributed by atoms with van der Waals surface area (Å²) >= 11 is 0. The fourth-order valence-electron chi connectivity index (χ4n) is 6.36. The van der Waals surface area contributed by atoms with Gasteiger partial charge >= 0.3 is 11.9 Å². The Bertz CT molecular complexity index is 1850. The molecule has 0 aliphatic carbocycles. The zero-order valence-electron chi connectivity index (χ0n) is 40.6. The molecule has 29 nitrogen and oxygen atoms in total. The van der Waals surface area contributed by atoms with Gasteiger partial charge in [0.25, 0.3) is 0 Å². The summed E-state index contributed by atoms with van der Waals surface area (Å²) in [5, 5.41) is 66.8. The molecule has 404 valence electrons. The molecule has 10 amide bonds. The van der Waals surface area contributed by atoms with Gasteiger partial charge in [0.2, 0.25) is 59.1 Å². The number of nitrogens with two attached hydrogens (primary N) is 4. The minimum Gasteiger partial charge on any atom is -0.481 e. The molecule has 21 N–H and O–H groups in total. The van der Waals surface area contributed by atoms with E-state index in [4.69, 9.17) is 22.9 Å². The molecule has 0 spiro atoms. The molecular weight excluding hydrogens is 945 g/mol. The number of rotatable bonds is 36. The van der Waals surface area contributed by atoms with E-state index in [1.165, 1.54) is 13.8 Å². The van der Waals surface area contributed by atoms with Gasteiger partial charge in [0, 0.05) is 19.3 Å². The molecule has 0 saturated heterocycles. The van der Waals surface area contributed by atoms with Crippen LogP contribution in [0.15, 0.2) is 0 Å². The number of nitrogens with one attached hydrogen (secondary N) is 8. The van der Waals surface area contributed by atoms with Gasteiger partial charge in [-0.15, -0.1) is 0 Å². The van der Waals surface area contributed by atoms with Gasteiger partial charge < -0.3 is 91.0 Å². The van der Waals surface area contributed by atoms with Gasteiger partial charge in [-0.25, -0.2) is 4.79 Å². The van der Waals surface area contributed by atoms with Crippen LogP contribution in [-0.4, -0.2) is 177 Å². The van der Waals surface area contributed by atoms with Crippen LogP contribution in [0.25, 0.3) is 0 Å². The summed E-state index contributed by atoms with van der Waals surface area (Å²) in [6.45, 7) is 5.57. The molecule has 0 unspecified atom stereocenters. The highest BCUT2D eigenvalue weighted by atomic mass is 16.4. The third-order valence-electron chi connectivity index (χ3n) is 11.0. The number of unbranched alkanes of at least 4 members (excludes halogenated alkanes) is 1. The topological polar surface area (TPSA) is 506 Å². The van der Waals surface area contributed by atoms with Crippen molar-refractivity contribution in [3.8, 4) is 0 Å². The van der Waals surface area contributed by atoms with Crippen LogP contribution in [0.1, 0.15) is 98.8 Å². The van der Waals surface area contributed by atoms with Crippen LogP contribution in [-0.2, 0) is 57.5 Å². The number of carboxylic acids is 2. The average Bonchev–Trinajstić information content (AvgIpc) is 3.29. The highest BCUT2D eigenvalue weighted by molar-refractivity contribution is 5.98. The summed E-state index contributed by atoms with van der Waals surface area (Å²) in [5.74, 6) is -14.7. The van der Waals surface area contributed by atoms with Crippen molar-refractivity contribution < 1.29 is 83.1 Å². The van der Waals surface area contributed by atoms with Crippen molar-refractivity contribution in [1.82, 2.24) is 42.5 Å². The Labute approximate surface area is 409 Å². The van der Waals surface area contributed by atoms with Crippen molar-refractivity contribution in [2.75, 3.05) is 19.8 Å². The number of aliphatic hydroxyl groups is 3. The Hall–Kier alpha value is -6.56. The lowest BCUT2D eigenvalue weighted by atomic mass is 9.98. The molecule has 0 aromatic carbocycles. The number of hydrogen-bond acceptors (Lipinski definition) is 17. The molecule has 29 heteroatoms. The van der Waals surface area contributed by atoms with Crippen LogP contribution in [0.2, 0.25) is 0 Å².